The predicted molar refractivity (Wildman–Crippen MR) is 98.8 cm³/mol. The minimum absolute atomic E-state index is 0.105. The monoisotopic (exact) mass is 383 g/mol. The number of fused-ring (bicyclic) bond motifs is 1. The molecule has 28 heavy (non-hydrogen) atoms. The SMILES string of the molecule is Nc1[nH]c(=O)ncc1C#Cc1cn([C@H]2C[C@H](O)[C@@H](CO)O2)c2ncnc(N)c12. The Morgan fingerprint density at radius 1 is 1.29 bits per heavy atom. The maximum absolute atomic E-state index is 11.2. The Bertz CT molecular complexity index is 1160. The molecule has 3 atom stereocenters. The fourth-order valence-corrected chi connectivity index (χ4v) is 3.11. The highest BCUT2D eigenvalue weighted by Crippen LogP contribution is 2.33. The molecule has 4 rings (SSSR count). The fraction of sp³-hybridized carbons (Fsp3) is 0.294. The van der Waals surface area contributed by atoms with Gasteiger partial charge in [0.1, 0.15) is 35.9 Å². The molecule has 3 aromatic rings. The van der Waals surface area contributed by atoms with Gasteiger partial charge in [-0.1, -0.05) is 11.8 Å². The van der Waals surface area contributed by atoms with E-state index in [0.29, 0.717) is 22.2 Å². The third-order valence-corrected chi connectivity index (χ3v) is 4.51. The molecule has 7 N–H and O–H groups in total. The molecule has 0 radical (unpaired) electrons. The number of anilines is 2. The maximum atomic E-state index is 11.2. The van der Waals surface area contributed by atoms with Gasteiger partial charge >= 0.3 is 5.69 Å². The Morgan fingerprint density at radius 2 is 2.07 bits per heavy atom. The van der Waals surface area contributed by atoms with Crippen molar-refractivity contribution < 1.29 is 14.9 Å². The summed E-state index contributed by atoms with van der Waals surface area (Å²) in [5.74, 6) is 6.13. The van der Waals surface area contributed by atoms with Gasteiger partial charge in [-0.05, 0) is 0 Å². The fourth-order valence-electron chi connectivity index (χ4n) is 3.11. The predicted octanol–water partition coefficient (Wildman–Crippen LogP) is -1.28. The number of nitrogen functional groups attached to an aromatic ring is 2. The zero-order valence-corrected chi connectivity index (χ0v) is 14.5. The second kappa shape index (κ2) is 6.93. The Balaban J connectivity index is 1.80. The summed E-state index contributed by atoms with van der Waals surface area (Å²) in [5, 5.41) is 19.9. The van der Waals surface area contributed by atoms with Crippen LogP contribution in [0.5, 0.6) is 0 Å². The molecule has 3 aromatic heterocycles. The number of hydrogen-bond acceptors (Lipinski definition) is 9. The molecule has 0 saturated carbocycles. The molecule has 4 heterocycles. The summed E-state index contributed by atoms with van der Waals surface area (Å²) in [4.78, 5) is 25.4. The zero-order valence-electron chi connectivity index (χ0n) is 14.5. The molecule has 0 spiro atoms. The molecule has 0 aromatic carbocycles. The Hall–Kier alpha value is -3.46. The van der Waals surface area contributed by atoms with Crippen molar-refractivity contribution in [2.24, 2.45) is 0 Å². The van der Waals surface area contributed by atoms with Crippen molar-refractivity contribution in [1.29, 1.82) is 0 Å². The number of nitrogens with two attached hydrogens (primary N) is 2. The van der Waals surface area contributed by atoms with E-state index in [9.17, 15) is 15.0 Å². The van der Waals surface area contributed by atoms with Crippen molar-refractivity contribution in [3.63, 3.8) is 0 Å². The normalized spacial score (nSPS) is 21.6. The molecule has 1 fully saturated rings. The average molecular weight is 383 g/mol. The number of nitrogens with zero attached hydrogens (tertiary/aromatic N) is 4. The summed E-state index contributed by atoms with van der Waals surface area (Å²) in [6, 6.07) is 0. The third-order valence-electron chi connectivity index (χ3n) is 4.51. The van der Waals surface area contributed by atoms with Crippen molar-refractivity contribution >= 4 is 22.7 Å². The number of rotatable bonds is 2. The largest absolute Gasteiger partial charge is 0.394 e. The lowest BCUT2D eigenvalue weighted by molar-refractivity contribution is -0.0430. The first-order chi connectivity index (χ1) is 13.5. The second-order valence-corrected chi connectivity index (χ2v) is 6.29. The summed E-state index contributed by atoms with van der Waals surface area (Å²) in [7, 11) is 0. The Labute approximate surface area is 158 Å². The van der Waals surface area contributed by atoms with Gasteiger partial charge in [0, 0.05) is 12.6 Å². The lowest BCUT2D eigenvalue weighted by Gasteiger charge is -2.14. The second-order valence-electron chi connectivity index (χ2n) is 6.29. The summed E-state index contributed by atoms with van der Waals surface area (Å²) in [5.41, 5.74) is 12.6. The standard InChI is InChI=1S/C17H17N7O4/c18-14-8(4-20-17(27)23-14)1-2-9-5-24(12-3-10(26)11(6-25)28-12)16-13(9)15(19)21-7-22-16/h4-5,7,10-12,25-26H,3,6H2,(H2,19,21,22)(H3,18,20,23,27)/t10-,11+,12+/m0/s1. The van der Waals surface area contributed by atoms with E-state index in [0.717, 1.165) is 0 Å². The third kappa shape index (κ3) is 3.05. The molecule has 144 valence electrons. The van der Waals surface area contributed by atoms with E-state index in [4.69, 9.17) is 16.2 Å². The van der Waals surface area contributed by atoms with Gasteiger partial charge in [-0.15, -0.1) is 0 Å². The number of H-pyrrole nitrogens is 1. The lowest BCUT2D eigenvalue weighted by atomic mass is 10.2. The van der Waals surface area contributed by atoms with Crippen molar-refractivity contribution in [2.75, 3.05) is 18.1 Å². The van der Waals surface area contributed by atoms with Gasteiger partial charge in [-0.2, -0.15) is 0 Å². The summed E-state index contributed by atoms with van der Waals surface area (Å²) in [6.07, 6.45) is 2.56. The van der Waals surface area contributed by atoms with E-state index in [-0.39, 0.29) is 24.7 Å². The summed E-state index contributed by atoms with van der Waals surface area (Å²) in [6.45, 7) is -0.293. The lowest BCUT2D eigenvalue weighted by Crippen LogP contribution is -2.24. The van der Waals surface area contributed by atoms with E-state index < -0.39 is 24.1 Å². The highest BCUT2D eigenvalue weighted by Gasteiger charge is 2.35. The number of aliphatic hydroxyl groups is 2. The number of aromatic nitrogens is 5. The van der Waals surface area contributed by atoms with Gasteiger partial charge in [-0.25, -0.2) is 19.7 Å². The van der Waals surface area contributed by atoms with Crippen LogP contribution in [-0.4, -0.2) is 53.5 Å². The molecular formula is C17H17N7O4. The van der Waals surface area contributed by atoms with Gasteiger partial charge in [0.05, 0.1) is 35.4 Å². The molecule has 1 saturated heterocycles. The maximum Gasteiger partial charge on any atom is 0.346 e. The van der Waals surface area contributed by atoms with Crippen LogP contribution >= 0.6 is 0 Å². The van der Waals surface area contributed by atoms with Crippen molar-refractivity contribution in [3.8, 4) is 11.8 Å². The molecule has 11 heteroatoms. The number of nitrogens with one attached hydrogen (secondary N) is 1. The van der Waals surface area contributed by atoms with E-state index in [1.54, 1.807) is 10.8 Å². The van der Waals surface area contributed by atoms with Crippen LogP contribution in [0.15, 0.2) is 23.5 Å². The first kappa shape index (κ1) is 17.9. The first-order valence-electron chi connectivity index (χ1n) is 8.40. The summed E-state index contributed by atoms with van der Waals surface area (Å²) < 4.78 is 7.41. The topological polar surface area (TPSA) is 178 Å². The van der Waals surface area contributed by atoms with Crippen LogP contribution in [0.25, 0.3) is 11.0 Å². The van der Waals surface area contributed by atoms with Crippen LogP contribution in [0.3, 0.4) is 0 Å². The smallest absolute Gasteiger partial charge is 0.346 e. The van der Waals surface area contributed by atoms with Gasteiger partial charge in [-0.3, -0.25) is 4.98 Å². The highest BCUT2D eigenvalue weighted by molar-refractivity contribution is 5.92. The van der Waals surface area contributed by atoms with Crippen LogP contribution in [0.2, 0.25) is 0 Å². The molecule has 1 aliphatic rings. The van der Waals surface area contributed by atoms with Crippen LogP contribution in [-0.2, 0) is 4.74 Å². The van der Waals surface area contributed by atoms with Gasteiger partial charge < -0.3 is 31.0 Å². The minimum atomic E-state index is -0.798. The summed E-state index contributed by atoms with van der Waals surface area (Å²) >= 11 is 0. The zero-order chi connectivity index (χ0) is 19.8. The average Bonchev–Trinajstić information content (AvgIpc) is 3.22. The molecule has 0 bridgehead atoms. The quantitative estimate of drug-likeness (QED) is 0.337. The molecule has 0 aliphatic carbocycles. The number of aliphatic hydroxyl groups excluding tert-OH is 2. The van der Waals surface area contributed by atoms with Crippen molar-refractivity contribution in [1.82, 2.24) is 24.5 Å². The van der Waals surface area contributed by atoms with Gasteiger partial charge in [0.15, 0.2) is 0 Å². The van der Waals surface area contributed by atoms with Crippen LogP contribution in [0.1, 0.15) is 23.8 Å². The molecule has 1 aliphatic heterocycles. The molecule has 0 unspecified atom stereocenters. The van der Waals surface area contributed by atoms with Gasteiger partial charge in [0.2, 0.25) is 0 Å². The number of ether oxygens (including phenoxy) is 1. The van der Waals surface area contributed by atoms with E-state index in [1.807, 2.05) is 0 Å². The Morgan fingerprint density at radius 3 is 2.79 bits per heavy atom. The highest BCUT2D eigenvalue weighted by atomic mass is 16.5. The molecule has 11 nitrogen and oxygen atoms in total. The minimum Gasteiger partial charge on any atom is -0.394 e. The van der Waals surface area contributed by atoms with E-state index in [1.165, 1.54) is 12.5 Å². The number of aromatic amines is 1. The van der Waals surface area contributed by atoms with Gasteiger partial charge in [0.25, 0.3) is 0 Å². The van der Waals surface area contributed by atoms with E-state index >= 15 is 0 Å². The number of hydrogen-bond donors (Lipinski definition) is 5. The van der Waals surface area contributed by atoms with Crippen LogP contribution in [0, 0.1) is 11.8 Å². The Kier molecular flexibility index (Phi) is 4.44. The molecule has 0 amide bonds. The van der Waals surface area contributed by atoms with Crippen LogP contribution in [0.4, 0.5) is 11.6 Å². The van der Waals surface area contributed by atoms with E-state index in [2.05, 4.69) is 31.8 Å². The van der Waals surface area contributed by atoms with Crippen molar-refractivity contribution in [2.45, 2.75) is 24.9 Å². The van der Waals surface area contributed by atoms with Crippen LogP contribution < -0.4 is 17.2 Å². The van der Waals surface area contributed by atoms with Crippen molar-refractivity contribution in [3.05, 3.63) is 40.3 Å². The first-order valence-corrected chi connectivity index (χ1v) is 8.40. The molecular weight excluding hydrogens is 366 g/mol.